The zero-order chi connectivity index (χ0) is 12.9. The van der Waals surface area contributed by atoms with E-state index in [9.17, 15) is 19.6 Å². The third-order valence-electron chi connectivity index (χ3n) is 1.95. The topological polar surface area (TPSA) is 156 Å². The van der Waals surface area contributed by atoms with Crippen LogP contribution in [0.15, 0.2) is 0 Å². The Hall–Kier alpha value is -0.340. The van der Waals surface area contributed by atoms with Gasteiger partial charge in [-0.05, 0) is 6.42 Å². The maximum atomic E-state index is 10.5. The third kappa shape index (κ3) is 5.66. The predicted molar refractivity (Wildman–Crippen MR) is 51.6 cm³/mol. The monoisotopic (exact) mass is 258 g/mol. The van der Waals surface area contributed by atoms with E-state index in [0.717, 1.165) is 0 Å². The lowest BCUT2D eigenvalue weighted by Crippen LogP contribution is -2.45. The van der Waals surface area contributed by atoms with E-state index in [1.165, 1.54) is 0 Å². The Balaban J connectivity index is 4.22. The number of aldehydes is 1. The second kappa shape index (κ2) is 6.41. The summed E-state index contributed by atoms with van der Waals surface area (Å²) < 4.78 is 10.5. The molecule has 8 nitrogen and oxygen atoms in total. The first-order valence-corrected chi connectivity index (χ1v) is 6.21. The number of aliphatic hydroxyl groups excluding tert-OH is 4. The first kappa shape index (κ1) is 15.7. The van der Waals surface area contributed by atoms with Crippen LogP contribution in [0.25, 0.3) is 0 Å². The number of rotatable bonds is 7. The van der Waals surface area contributed by atoms with Crippen LogP contribution in [0.5, 0.6) is 0 Å². The molecule has 0 heterocycles. The minimum atomic E-state index is -4.30. The first-order valence-electron chi connectivity index (χ1n) is 4.41. The van der Waals surface area contributed by atoms with Crippen LogP contribution in [-0.4, -0.2) is 67.1 Å². The normalized spacial score (nSPS) is 19.9. The van der Waals surface area contributed by atoms with E-state index in [0.29, 0.717) is 0 Å². The molecule has 0 saturated heterocycles. The molecule has 0 aliphatic carbocycles. The fourth-order valence-electron chi connectivity index (χ4n) is 0.981. The van der Waals surface area contributed by atoms with Crippen LogP contribution in [0, 0.1) is 0 Å². The number of hydrogen-bond acceptors (Lipinski definition) is 6. The van der Waals surface area contributed by atoms with Crippen molar-refractivity contribution in [3.8, 4) is 0 Å². The van der Waals surface area contributed by atoms with Crippen LogP contribution < -0.4 is 0 Å². The first-order chi connectivity index (χ1) is 7.19. The van der Waals surface area contributed by atoms with Crippen LogP contribution in [0.3, 0.4) is 0 Å². The van der Waals surface area contributed by atoms with Gasteiger partial charge in [-0.2, -0.15) is 0 Å². The summed E-state index contributed by atoms with van der Waals surface area (Å²) >= 11 is 0. The second-order valence-corrected chi connectivity index (χ2v) is 5.13. The average Bonchev–Trinajstić information content (AvgIpc) is 2.21. The molecule has 0 aliphatic heterocycles. The SMILES string of the molecule is O=C[C@@H](O)[C@@H](O)[C@H](O)[C@H](O)CCP(=O)(O)O. The Morgan fingerprint density at radius 2 is 1.56 bits per heavy atom. The van der Waals surface area contributed by atoms with Gasteiger partial charge < -0.3 is 35.0 Å². The molecule has 0 radical (unpaired) electrons. The maximum Gasteiger partial charge on any atom is 0.325 e. The highest BCUT2D eigenvalue weighted by molar-refractivity contribution is 7.51. The lowest BCUT2D eigenvalue weighted by molar-refractivity contribution is -0.133. The fourth-order valence-corrected chi connectivity index (χ4v) is 1.58. The molecule has 0 saturated carbocycles. The van der Waals surface area contributed by atoms with Crippen LogP contribution in [0.1, 0.15) is 6.42 Å². The van der Waals surface area contributed by atoms with Gasteiger partial charge in [0.1, 0.15) is 18.3 Å². The van der Waals surface area contributed by atoms with Crippen LogP contribution >= 0.6 is 7.60 Å². The van der Waals surface area contributed by atoms with E-state index in [1.54, 1.807) is 0 Å². The van der Waals surface area contributed by atoms with Crippen molar-refractivity contribution >= 4 is 13.9 Å². The van der Waals surface area contributed by atoms with Crippen molar-refractivity contribution < 1.29 is 39.6 Å². The Labute approximate surface area is 91.3 Å². The van der Waals surface area contributed by atoms with Crippen LogP contribution in [0.4, 0.5) is 0 Å². The molecule has 6 N–H and O–H groups in total. The summed E-state index contributed by atoms with van der Waals surface area (Å²) in [6, 6.07) is 0. The highest BCUT2D eigenvalue weighted by Gasteiger charge is 2.31. The molecule has 0 amide bonds. The van der Waals surface area contributed by atoms with Crippen molar-refractivity contribution in [1.82, 2.24) is 0 Å². The van der Waals surface area contributed by atoms with Crippen molar-refractivity contribution in [2.24, 2.45) is 0 Å². The standard InChI is InChI=1S/C7H15O8P/c8-3-5(10)7(12)6(11)4(9)1-2-16(13,14)15/h3-7,9-12H,1-2H2,(H2,13,14,15)/t4-,5-,6-,7-/m1/s1. The van der Waals surface area contributed by atoms with E-state index in [2.05, 4.69) is 0 Å². The van der Waals surface area contributed by atoms with E-state index >= 15 is 0 Å². The van der Waals surface area contributed by atoms with Gasteiger partial charge >= 0.3 is 7.60 Å². The van der Waals surface area contributed by atoms with E-state index in [-0.39, 0.29) is 6.29 Å². The minimum absolute atomic E-state index is 0.0242. The molecule has 96 valence electrons. The Morgan fingerprint density at radius 3 is 1.94 bits per heavy atom. The van der Waals surface area contributed by atoms with Gasteiger partial charge in [0, 0.05) is 0 Å². The van der Waals surface area contributed by atoms with Gasteiger partial charge in [0.05, 0.1) is 12.3 Å². The summed E-state index contributed by atoms with van der Waals surface area (Å²) in [7, 11) is -4.30. The van der Waals surface area contributed by atoms with Crippen molar-refractivity contribution in [2.75, 3.05) is 6.16 Å². The highest BCUT2D eigenvalue weighted by Crippen LogP contribution is 2.35. The third-order valence-corrected chi connectivity index (χ3v) is 2.79. The Morgan fingerprint density at radius 1 is 1.06 bits per heavy atom. The van der Waals surface area contributed by atoms with Gasteiger partial charge in [-0.25, -0.2) is 0 Å². The summed E-state index contributed by atoms with van der Waals surface area (Å²) in [5.74, 6) is 0. The molecule has 0 rings (SSSR count). The van der Waals surface area contributed by atoms with Crippen LogP contribution in [-0.2, 0) is 9.36 Å². The van der Waals surface area contributed by atoms with Crippen LogP contribution in [0.2, 0.25) is 0 Å². The predicted octanol–water partition coefficient (Wildman–Crippen LogP) is -2.80. The molecule has 4 atom stereocenters. The molecule has 0 fully saturated rings. The largest absolute Gasteiger partial charge is 0.390 e. The Kier molecular flexibility index (Phi) is 6.27. The van der Waals surface area contributed by atoms with E-state index in [4.69, 9.17) is 20.0 Å². The zero-order valence-corrected chi connectivity index (χ0v) is 9.14. The summed E-state index contributed by atoms with van der Waals surface area (Å²) in [4.78, 5) is 27.0. The van der Waals surface area contributed by atoms with Gasteiger partial charge in [-0.3, -0.25) is 4.57 Å². The lowest BCUT2D eigenvalue weighted by atomic mass is 10.0. The molecule has 0 aromatic heterocycles. The second-order valence-electron chi connectivity index (χ2n) is 3.35. The summed E-state index contributed by atoms with van der Waals surface area (Å²) in [6.07, 6.45) is -8.42. The lowest BCUT2D eigenvalue weighted by Gasteiger charge is -2.24. The average molecular weight is 258 g/mol. The quantitative estimate of drug-likeness (QED) is 0.211. The molecule has 16 heavy (non-hydrogen) atoms. The molecule has 0 aromatic carbocycles. The van der Waals surface area contributed by atoms with E-state index < -0.39 is 44.6 Å². The van der Waals surface area contributed by atoms with Crippen molar-refractivity contribution in [1.29, 1.82) is 0 Å². The number of carbonyl (C=O) groups excluding carboxylic acids is 1. The molecule has 9 heteroatoms. The van der Waals surface area contributed by atoms with Gasteiger partial charge in [-0.15, -0.1) is 0 Å². The smallest absolute Gasteiger partial charge is 0.325 e. The van der Waals surface area contributed by atoms with Gasteiger partial charge in [0.2, 0.25) is 0 Å². The van der Waals surface area contributed by atoms with Gasteiger partial charge in [0.15, 0.2) is 6.29 Å². The van der Waals surface area contributed by atoms with Crippen molar-refractivity contribution in [3.63, 3.8) is 0 Å². The molecular formula is C7H15O8P. The molecule has 0 unspecified atom stereocenters. The van der Waals surface area contributed by atoms with Gasteiger partial charge in [0.25, 0.3) is 0 Å². The zero-order valence-electron chi connectivity index (χ0n) is 8.25. The fraction of sp³-hybridized carbons (Fsp3) is 0.857. The number of carbonyl (C=O) groups is 1. The number of aliphatic hydroxyl groups is 4. The van der Waals surface area contributed by atoms with E-state index in [1.807, 2.05) is 0 Å². The maximum absolute atomic E-state index is 10.5. The summed E-state index contributed by atoms with van der Waals surface area (Å²) in [5.41, 5.74) is 0. The Bertz CT molecular complexity index is 263. The van der Waals surface area contributed by atoms with Crippen molar-refractivity contribution in [3.05, 3.63) is 0 Å². The summed E-state index contributed by atoms with van der Waals surface area (Å²) in [5, 5.41) is 36.4. The molecular weight excluding hydrogens is 243 g/mol. The highest BCUT2D eigenvalue weighted by atomic mass is 31.2. The molecule has 0 aromatic rings. The number of hydrogen-bond donors (Lipinski definition) is 6. The minimum Gasteiger partial charge on any atom is -0.390 e. The summed E-state index contributed by atoms with van der Waals surface area (Å²) in [6.45, 7) is 0. The molecule has 0 aliphatic rings. The molecule has 0 spiro atoms. The molecule has 0 bridgehead atoms. The van der Waals surface area contributed by atoms with Gasteiger partial charge in [-0.1, -0.05) is 0 Å². The van der Waals surface area contributed by atoms with Crippen molar-refractivity contribution in [2.45, 2.75) is 30.8 Å².